The third-order valence-corrected chi connectivity index (χ3v) is 6.88. The highest BCUT2D eigenvalue weighted by Gasteiger charge is 2.30. The minimum atomic E-state index is -3.20. The fourth-order valence-electron chi connectivity index (χ4n) is 2.58. The van der Waals surface area contributed by atoms with Crippen LogP contribution in [0.25, 0.3) is 0 Å². The Kier molecular flexibility index (Phi) is 5.81. The Bertz CT molecular complexity index is 1000. The van der Waals surface area contributed by atoms with Crippen molar-refractivity contribution in [1.82, 2.24) is 5.43 Å². The third-order valence-electron chi connectivity index (χ3n) is 3.89. The van der Waals surface area contributed by atoms with Crippen LogP contribution in [0.2, 0.25) is 0 Å². The van der Waals surface area contributed by atoms with Crippen LogP contribution in [0.1, 0.15) is 5.76 Å². The highest BCUT2D eigenvalue weighted by atomic mass is 31.2. The lowest BCUT2D eigenvalue weighted by atomic mass is 10.4. The number of rotatable bonds is 7. The van der Waals surface area contributed by atoms with E-state index in [1.54, 1.807) is 48.5 Å². The van der Waals surface area contributed by atoms with Crippen molar-refractivity contribution in [3.8, 4) is 0 Å². The van der Waals surface area contributed by atoms with E-state index in [-0.39, 0.29) is 11.9 Å². The molecular weight excluding hydrogens is 381 g/mol. The summed E-state index contributed by atoms with van der Waals surface area (Å²) in [5.41, 5.74) is 2.29. The van der Waals surface area contributed by atoms with Crippen molar-refractivity contribution < 1.29 is 18.7 Å². The monoisotopic (exact) mass is 397 g/mol. The largest absolute Gasteiger partial charge is 0.433 e. The first-order chi connectivity index (χ1) is 13.5. The zero-order chi connectivity index (χ0) is 20.0. The highest BCUT2D eigenvalue weighted by Crippen LogP contribution is 2.42. The molecule has 0 saturated carbocycles. The second kappa shape index (κ2) is 8.45. The standard InChI is InChI=1S/C19H16N3O5P/c23-18(21-20-13-15-11-12-19(27-15)22(24)25)14-28(26,16-7-3-1-4-8-16)17-9-5-2-6-10-17/h1-13H,14H2,(H,21,23)/b20-13-. The van der Waals surface area contributed by atoms with Crippen LogP contribution >= 0.6 is 7.14 Å². The third kappa shape index (κ3) is 4.42. The molecule has 8 nitrogen and oxygen atoms in total. The molecule has 0 unspecified atom stereocenters. The number of nitro groups is 1. The molecule has 1 aromatic heterocycles. The van der Waals surface area contributed by atoms with E-state index < -0.39 is 23.9 Å². The summed E-state index contributed by atoms with van der Waals surface area (Å²) in [4.78, 5) is 22.3. The Morgan fingerprint density at radius 2 is 1.61 bits per heavy atom. The van der Waals surface area contributed by atoms with Crippen molar-refractivity contribution in [1.29, 1.82) is 0 Å². The molecule has 0 bridgehead atoms. The predicted molar refractivity (Wildman–Crippen MR) is 106 cm³/mol. The average molecular weight is 397 g/mol. The molecule has 0 aliphatic heterocycles. The lowest BCUT2D eigenvalue weighted by molar-refractivity contribution is -0.402. The van der Waals surface area contributed by atoms with E-state index in [0.29, 0.717) is 10.6 Å². The van der Waals surface area contributed by atoms with E-state index in [0.717, 1.165) is 6.21 Å². The Hall–Kier alpha value is -3.51. The molecule has 0 fully saturated rings. The SMILES string of the molecule is O=C(CP(=O)(c1ccccc1)c1ccccc1)N/N=C\c1ccc([N+](=O)[O-])o1. The summed E-state index contributed by atoms with van der Waals surface area (Å²) in [6, 6.07) is 20.1. The molecule has 2 aromatic carbocycles. The summed E-state index contributed by atoms with van der Waals surface area (Å²) < 4.78 is 18.6. The van der Waals surface area contributed by atoms with Crippen molar-refractivity contribution in [2.75, 3.05) is 6.16 Å². The van der Waals surface area contributed by atoms with Crippen LogP contribution < -0.4 is 16.0 Å². The average Bonchev–Trinajstić information content (AvgIpc) is 3.18. The van der Waals surface area contributed by atoms with Crippen molar-refractivity contribution in [3.63, 3.8) is 0 Å². The predicted octanol–water partition coefficient (Wildman–Crippen LogP) is 2.65. The zero-order valence-electron chi connectivity index (χ0n) is 14.6. The molecule has 0 radical (unpaired) electrons. The van der Waals surface area contributed by atoms with Crippen molar-refractivity contribution >= 4 is 35.8 Å². The zero-order valence-corrected chi connectivity index (χ0v) is 15.5. The highest BCUT2D eigenvalue weighted by molar-refractivity contribution is 7.79. The normalized spacial score (nSPS) is 11.4. The number of carbonyl (C=O) groups is 1. The van der Waals surface area contributed by atoms with Gasteiger partial charge in [0, 0.05) is 10.6 Å². The number of hydrogen-bond donors (Lipinski definition) is 1. The van der Waals surface area contributed by atoms with Gasteiger partial charge in [0.15, 0.2) is 12.9 Å². The van der Waals surface area contributed by atoms with Gasteiger partial charge in [0.05, 0.1) is 18.4 Å². The first kappa shape index (κ1) is 19.3. The number of amides is 1. The summed E-state index contributed by atoms with van der Waals surface area (Å²) >= 11 is 0. The molecule has 1 N–H and O–H groups in total. The number of furan rings is 1. The van der Waals surface area contributed by atoms with Gasteiger partial charge in [-0.3, -0.25) is 14.9 Å². The van der Waals surface area contributed by atoms with Gasteiger partial charge in [-0.15, -0.1) is 0 Å². The van der Waals surface area contributed by atoms with Gasteiger partial charge in [-0.05, 0) is 6.07 Å². The number of nitrogens with one attached hydrogen (secondary N) is 1. The second-order valence-electron chi connectivity index (χ2n) is 5.80. The van der Waals surface area contributed by atoms with Crippen LogP contribution in [0.4, 0.5) is 5.88 Å². The summed E-state index contributed by atoms with van der Waals surface area (Å²) in [6.07, 6.45) is 0.873. The molecule has 1 amide bonds. The van der Waals surface area contributed by atoms with Gasteiger partial charge >= 0.3 is 5.88 Å². The lowest BCUT2D eigenvalue weighted by Crippen LogP contribution is -2.28. The second-order valence-corrected chi connectivity index (χ2v) is 8.62. The number of nitrogens with zero attached hydrogens (tertiary/aromatic N) is 2. The molecule has 0 atom stereocenters. The number of hydrazone groups is 1. The van der Waals surface area contributed by atoms with Gasteiger partial charge in [0.1, 0.15) is 4.92 Å². The van der Waals surface area contributed by atoms with E-state index in [4.69, 9.17) is 4.42 Å². The van der Waals surface area contributed by atoms with E-state index >= 15 is 0 Å². The van der Waals surface area contributed by atoms with E-state index in [1.807, 2.05) is 12.1 Å². The minimum Gasteiger partial charge on any atom is -0.400 e. The molecule has 28 heavy (non-hydrogen) atoms. The quantitative estimate of drug-likeness (QED) is 0.285. The number of carbonyl (C=O) groups excluding carboxylic acids is 1. The molecule has 3 rings (SSSR count). The number of hydrogen-bond acceptors (Lipinski definition) is 6. The topological polar surface area (TPSA) is 115 Å². The van der Waals surface area contributed by atoms with Crippen molar-refractivity contribution in [2.45, 2.75) is 0 Å². The summed E-state index contributed by atoms with van der Waals surface area (Å²) in [5, 5.41) is 15.5. The van der Waals surface area contributed by atoms with Crippen molar-refractivity contribution in [2.24, 2.45) is 5.10 Å². The first-order valence-electron chi connectivity index (χ1n) is 8.25. The molecule has 0 aliphatic rings. The van der Waals surface area contributed by atoms with Gasteiger partial charge in [-0.1, -0.05) is 60.7 Å². The van der Waals surface area contributed by atoms with Gasteiger partial charge < -0.3 is 8.98 Å². The summed E-state index contributed by atoms with van der Waals surface area (Å²) in [6.45, 7) is 0. The Labute approximate surface area is 160 Å². The van der Waals surface area contributed by atoms with Gasteiger partial charge in [0.25, 0.3) is 0 Å². The molecule has 0 saturated heterocycles. The fourth-order valence-corrected chi connectivity index (χ4v) is 5.03. The van der Waals surface area contributed by atoms with Gasteiger partial charge in [-0.2, -0.15) is 5.10 Å². The molecule has 0 spiro atoms. The lowest BCUT2D eigenvalue weighted by Gasteiger charge is -2.18. The molecule has 3 aromatic rings. The van der Waals surface area contributed by atoms with E-state index in [2.05, 4.69) is 10.5 Å². The Balaban J connectivity index is 1.76. The molecule has 1 heterocycles. The fraction of sp³-hybridized carbons (Fsp3) is 0.0526. The maximum Gasteiger partial charge on any atom is 0.433 e. The van der Waals surface area contributed by atoms with E-state index in [1.165, 1.54) is 12.1 Å². The smallest absolute Gasteiger partial charge is 0.400 e. The van der Waals surface area contributed by atoms with Crippen LogP contribution in [0, 0.1) is 10.1 Å². The first-order valence-corrected chi connectivity index (χ1v) is 10.1. The Morgan fingerprint density at radius 3 is 2.11 bits per heavy atom. The van der Waals surface area contributed by atoms with Crippen LogP contribution in [0.3, 0.4) is 0 Å². The van der Waals surface area contributed by atoms with E-state index in [9.17, 15) is 19.5 Å². The van der Waals surface area contributed by atoms with Crippen LogP contribution in [-0.4, -0.2) is 23.2 Å². The maximum absolute atomic E-state index is 13.7. The number of benzene rings is 2. The van der Waals surface area contributed by atoms with Crippen molar-refractivity contribution in [3.05, 3.63) is 88.7 Å². The van der Waals surface area contributed by atoms with Gasteiger partial charge in [-0.25, -0.2) is 5.43 Å². The maximum atomic E-state index is 13.7. The molecule has 142 valence electrons. The summed E-state index contributed by atoms with van der Waals surface area (Å²) in [5.74, 6) is -0.861. The minimum absolute atomic E-state index is 0.112. The molecule has 9 heteroatoms. The van der Waals surface area contributed by atoms with Crippen LogP contribution in [-0.2, 0) is 9.36 Å². The molecule has 0 aliphatic carbocycles. The van der Waals surface area contributed by atoms with Crippen LogP contribution in [0.5, 0.6) is 0 Å². The van der Waals surface area contributed by atoms with Gasteiger partial charge in [0.2, 0.25) is 5.91 Å². The van der Waals surface area contributed by atoms with Crippen LogP contribution in [0.15, 0.2) is 82.3 Å². The Morgan fingerprint density at radius 1 is 1.04 bits per heavy atom. The molecular formula is C19H16N3O5P. The summed E-state index contributed by atoms with van der Waals surface area (Å²) in [7, 11) is -3.20.